The Morgan fingerprint density at radius 3 is 2.32 bits per heavy atom. The van der Waals surface area contributed by atoms with Gasteiger partial charge in [0.05, 0.1) is 0 Å². The lowest BCUT2D eigenvalue weighted by Crippen LogP contribution is -2.52. The number of nitrogens with zero attached hydrogens (tertiary/aromatic N) is 1. The Morgan fingerprint density at radius 1 is 1.18 bits per heavy atom. The molecule has 1 heterocycles. The lowest BCUT2D eigenvalue weighted by Gasteiger charge is -2.35. The average molecular weight is 300 g/mol. The molecule has 0 radical (unpaired) electrons. The van der Waals surface area contributed by atoms with Gasteiger partial charge < -0.3 is 10.3 Å². The number of likely N-dealkylation sites (tertiary alicyclic amines) is 1. The van der Waals surface area contributed by atoms with Crippen LogP contribution in [0.2, 0.25) is 6.82 Å². The molecule has 3 rings (SSSR count). The first-order valence-corrected chi connectivity index (χ1v) is 8.66. The second-order valence-electron chi connectivity index (χ2n) is 7.91. The Balaban J connectivity index is 1.54. The SMILES string of the molecule is CB(O)NC(C)(C)C1C[C@@H]2CN(Cc3ccccc3)C[C@@H]2C1. The van der Waals surface area contributed by atoms with Gasteiger partial charge in [-0.15, -0.1) is 0 Å². The van der Waals surface area contributed by atoms with Crippen LogP contribution in [0.1, 0.15) is 32.3 Å². The van der Waals surface area contributed by atoms with E-state index >= 15 is 0 Å². The molecule has 0 amide bonds. The minimum Gasteiger partial charge on any atom is -0.437 e. The monoisotopic (exact) mass is 300 g/mol. The van der Waals surface area contributed by atoms with E-state index in [-0.39, 0.29) is 5.54 Å². The topological polar surface area (TPSA) is 35.5 Å². The van der Waals surface area contributed by atoms with E-state index in [2.05, 4.69) is 54.3 Å². The summed E-state index contributed by atoms with van der Waals surface area (Å²) in [7, 11) is -0.426. The van der Waals surface area contributed by atoms with Crippen LogP contribution in [0.3, 0.4) is 0 Å². The molecule has 1 saturated carbocycles. The Labute approximate surface area is 135 Å². The van der Waals surface area contributed by atoms with Crippen molar-refractivity contribution in [2.24, 2.45) is 17.8 Å². The third kappa shape index (κ3) is 3.56. The summed E-state index contributed by atoms with van der Waals surface area (Å²) >= 11 is 0. The first-order valence-electron chi connectivity index (χ1n) is 8.66. The smallest absolute Gasteiger partial charge is 0.374 e. The van der Waals surface area contributed by atoms with E-state index in [0.717, 1.165) is 18.4 Å². The molecule has 4 heteroatoms. The van der Waals surface area contributed by atoms with Gasteiger partial charge in [0, 0.05) is 25.2 Å². The Morgan fingerprint density at radius 2 is 1.77 bits per heavy atom. The standard InChI is InChI=1S/C18H29BN2O/c1-18(2,20-19(3)22)17-9-15-12-21(13-16(15)10-17)11-14-7-5-4-6-8-14/h4-8,15-17,20,22H,9-13H2,1-3H3/t15-,16+,17?. The van der Waals surface area contributed by atoms with E-state index in [0.29, 0.717) is 5.92 Å². The fraction of sp³-hybridized carbons (Fsp3) is 0.667. The van der Waals surface area contributed by atoms with Gasteiger partial charge in [-0.1, -0.05) is 30.3 Å². The maximum Gasteiger partial charge on any atom is 0.374 e. The van der Waals surface area contributed by atoms with Crippen molar-refractivity contribution >= 4 is 7.05 Å². The predicted molar refractivity (Wildman–Crippen MR) is 92.5 cm³/mol. The largest absolute Gasteiger partial charge is 0.437 e. The van der Waals surface area contributed by atoms with Crippen molar-refractivity contribution in [1.29, 1.82) is 0 Å². The van der Waals surface area contributed by atoms with E-state index in [1.165, 1.54) is 31.5 Å². The molecule has 1 aromatic rings. The highest BCUT2D eigenvalue weighted by molar-refractivity contribution is 6.45. The third-order valence-corrected chi connectivity index (χ3v) is 5.68. The number of benzene rings is 1. The molecular formula is C18H29BN2O. The number of hydrogen-bond donors (Lipinski definition) is 2. The van der Waals surface area contributed by atoms with Gasteiger partial charge in [0.2, 0.25) is 0 Å². The first kappa shape index (κ1) is 16.0. The molecule has 1 aromatic carbocycles. The molecule has 3 atom stereocenters. The Bertz CT molecular complexity index is 477. The highest BCUT2D eigenvalue weighted by Crippen LogP contribution is 2.45. The Hall–Kier alpha value is -0.835. The van der Waals surface area contributed by atoms with Gasteiger partial charge >= 0.3 is 7.05 Å². The molecule has 0 spiro atoms. The molecular weight excluding hydrogens is 271 g/mol. The van der Waals surface area contributed by atoms with E-state index in [1.54, 1.807) is 0 Å². The average Bonchev–Trinajstić information content (AvgIpc) is 2.96. The number of fused-ring (bicyclic) bond motifs is 1. The van der Waals surface area contributed by atoms with Crippen molar-refractivity contribution in [3.8, 4) is 0 Å². The van der Waals surface area contributed by atoms with Crippen molar-refractivity contribution in [2.45, 2.75) is 45.6 Å². The van der Waals surface area contributed by atoms with Gasteiger partial charge in [-0.2, -0.15) is 0 Å². The molecule has 1 aliphatic heterocycles. The molecule has 1 unspecified atom stereocenters. The van der Waals surface area contributed by atoms with Crippen LogP contribution in [-0.4, -0.2) is 35.6 Å². The van der Waals surface area contributed by atoms with Crippen LogP contribution in [0.25, 0.3) is 0 Å². The van der Waals surface area contributed by atoms with Crippen LogP contribution in [0, 0.1) is 17.8 Å². The molecule has 1 aliphatic carbocycles. The Kier molecular flexibility index (Phi) is 4.63. The number of rotatable bonds is 5. The second kappa shape index (κ2) is 6.35. The van der Waals surface area contributed by atoms with Gasteiger partial charge in [0.25, 0.3) is 0 Å². The van der Waals surface area contributed by atoms with Crippen LogP contribution >= 0.6 is 0 Å². The minimum absolute atomic E-state index is 0.0305. The molecule has 1 saturated heterocycles. The zero-order valence-corrected chi connectivity index (χ0v) is 14.1. The van der Waals surface area contributed by atoms with E-state index in [1.807, 2.05) is 6.82 Å². The van der Waals surface area contributed by atoms with Gasteiger partial charge in [-0.05, 0) is 56.8 Å². The molecule has 0 aromatic heterocycles. The quantitative estimate of drug-likeness (QED) is 0.821. The summed E-state index contributed by atoms with van der Waals surface area (Å²) in [6.45, 7) is 9.87. The highest BCUT2D eigenvalue weighted by Gasteiger charge is 2.45. The zero-order valence-electron chi connectivity index (χ0n) is 14.1. The van der Waals surface area contributed by atoms with Crippen LogP contribution in [0.4, 0.5) is 0 Å². The molecule has 2 N–H and O–H groups in total. The summed E-state index contributed by atoms with van der Waals surface area (Å²) < 4.78 is 0. The van der Waals surface area contributed by atoms with Gasteiger partial charge in [0.15, 0.2) is 0 Å². The predicted octanol–water partition coefficient (Wildman–Crippen LogP) is 2.62. The second-order valence-corrected chi connectivity index (χ2v) is 7.91. The lowest BCUT2D eigenvalue weighted by atomic mass is 9.77. The first-order chi connectivity index (χ1) is 10.4. The van der Waals surface area contributed by atoms with Crippen molar-refractivity contribution in [3.63, 3.8) is 0 Å². The maximum absolute atomic E-state index is 9.64. The minimum atomic E-state index is -0.426. The third-order valence-electron chi connectivity index (χ3n) is 5.68. The number of nitrogens with one attached hydrogen (secondary N) is 1. The van der Waals surface area contributed by atoms with Crippen molar-refractivity contribution < 1.29 is 5.02 Å². The lowest BCUT2D eigenvalue weighted by molar-refractivity contribution is 0.238. The van der Waals surface area contributed by atoms with E-state index < -0.39 is 7.05 Å². The van der Waals surface area contributed by atoms with Gasteiger partial charge in [-0.25, -0.2) is 0 Å². The van der Waals surface area contributed by atoms with Crippen LogP contribution in [0.5, 0.6) is 0 Å². The number of hydrogen-bond acceptors (Lipinski definition) is 3. The normalized spacial score (nSPS) is 28.8. The van der Waals surface area contributed by atoms with E-state index in [9.17, 15) is 5.02 Å². The maximum atomic E-state index is 9.64. The fourth-order valence-electron chi connectivity index (χ4n) is 4.61. The van der Waals surface area contributed by atoms with Crippen molar-refractivity contribution in [1.82, 2.24) is 10.1 Å². The summed E-state index contributed by atoms with van der Waals surface area (Å²) in [6, 6.07) is 10.8. The van der Waals surface area contributed by atoms with Crippen molar-refractivity contribution in [3.05, 3.63) is 35.9 Å². The van der Waals surface area contributed by atoms with Gasteiger partial charge in [0.1, 0.15) is 0 Å². The summed E-state index contributed by atoms with van der Waals surface area (Å²) in [4.78, 5) is 2.62. The molecule has 2 aliphatic rings. The molecule has 2 fully saturated rings. The fourth-order valence-corrected chi connectivity index (χ4v) is 4.61. The zero-order chi connectivity index (χ0) is 15.7. The highest BCUT2D eigenvalue weighted by atomic mass is 16.2. The molecule has 0 bridgehead atoms. The van der Waals surface area contributed by atoms with Crippen molar-refractivity contribution in [2.75, 3.05) is 13.1 Å². The molecule has 120 valence electrons. The summed E-state index contributed by atoms with van der Waals surface area (Å²) in [5.41, 5.74) is 1.46. The van der Waals surface area contributed by atoms with Crippen LogP contribution in [0.15, 0.2) is 30.3 Å². The van der Waals surface area contributed by atoms with Gasteiger partial charge in [-0.3, -0.25) is 4.90 Å². The van der Waals surface area contributed by atoms with Crippen LogP contribution in [-0.2, 0) is 6.54 Å². The summed E-state index contributed by atoms with van der Waals surface area (Å²) in [6.07, 6.45) is 2.59. The summed E-state index contributed by atoms with van der Waals surface area (Å²) in [5, 5.41) is 13.0. The van der Waals surface area contributed by atoms with Crippen LogP contribution < -0.4 is 5.23 Å². The molecule has 22 heavy (non-hydrogen) atoms. The van der Waals surface area contributed by atoms with E-state index in [4.69, 9.17) is 0 Å². The summed E-state index contributed by atoms with van der Waals surface area (Å²) in [5.74, 6) is 2.35. The molecule has 3 nitrogen and oxygen atoms in total.